The standard InChI is InChI=1S/C14H10BrClFNO/c15-8-9-3-1-2-4-13(9)18-14(19)11-6-5-10(16)7-12(11)17/h1-7H,8H2,(H,18,19). The Bertz CT molecular complexity index is 618. The summed E-state index contributed by atoms with van der Waals surface area (Å²) in [6.07, 6.45) is 0. The molecule has 19 heavy (non-hydrogen) atoms. The van der Waals surface area contributed by atoms with E-state index in [0.29, 0.717) is 11.0 Å². The number of alkyl halides is 1. The topological polar surface area (TPSA) is 29.1 Å². The van der Waals surface area contributed by atoms with E-state index < -0.39 is 11.7 Å². The van der Waals surface area contributed by atoms with Crippen LogP contribution in [0.25, 0.3) is 0 Å². The van der Waals surface area contributed by atoms with Gasteiger partial charge in [-0.15, -0.1) is 0 Å². The molecule has 0 spiro atoms. The summed E-state index contributed by atoms with van der Waals surface area (Å²) in [5.41, 5.74) is 1.54. The molecule has 0 saturated carbocycles. The molecule has 0 fully saturated rings. The Hall–Kier alpha value is -1.39. The first-order valence-corrected chi connectivity index (χ1v) is 7.02. The van der Waals surface area contributed by atoms with Gasteiger partial charge in [-0.05, 0) is 29.8 Å². The van der Waals surface area contributed by atoms with Crippen LogP contribution in [-0.4, -0.2) is 5.91 Å². The van der Waals surface area contributed by atoms with Crippen molar-refractivity contribution in [3.63, 3.8) is 0 Å². The molecule has 5 heteroatoms. The minimum absolute atomic E-state index is 0.0335. The van der Waals surface area contributed by atoms with Crippen LogP contribution in [0.2, 0.25) is 5.02 Å². The third-order valence-corrected chi connectivity index (χ3v) is 3.42. The van der Waals surface area contributed by atoms with E-state index in [1.165, 1.54) is 12.1 Å². The monoisotopic (exact) mass is 341 g/mol. The van der Waals surface area contributed by atoms with Gasteiger partial charge in [0.05, 0.1) is 5.56 Å². The molecule has 2 nitrogen and oxygen atoms in total. The molecule has 0 aliphatic carbocycles. The zero-order chi connectivity index (χ0) is 13.8. The van der Waals surface area contributed by atoms with E-state index in [2.05, 4.69) is 21.2 Å². The number of rotatable bonds is 3. The highest BCUT2D eigenvalue weighted by atomic mass is 79.9. The summed E-state index contributed by atoms with van der Waals surface area (Å²) >= 11 is 8.99. The predicted molar refractivity (Wildman–Crippen MR) is 78.4 cm³/mol. The zero-order valence-corrected chi connectivity index (χ0v) is 12.1. The molecule has 2 aromatic rings. The van der Waals surface area contributed by atoms with Crippen molar-refractivity contribution in [2.45, 2.75) is 5.33 Å². The fourth-order valence-electron chi connectivity index (χ4n) is 1.62. The number of anilines is 1. The Labute approximate surface area is 123 Å². The van der Waals surface area contributed by atoms with E-state index >= 15 is 0 Å². The number of hydrogen-bond acceptors (Lipinski definition) is 1. The zero-order valence-electron chi connectivity index (χ0n) is 9.79. The molecule has 0 unspecified atom stereocenters. The second-order valence-corrected chi connectivity index (χ2v) is 4.87. The molecule has 0 saturated heterocycles. The third kappa shape index (κ3) is 3.33. The average Bonchev–Trinajstić information content (AvgIpc) is 2.39. The van der Waals surface area contributed by atoms with Crippen molar-refractivity contribution in [1.29, 1.82) is 0 Å². The lowest BCUT2D eigenvalue weighted by Gasteiger charge is -2.09. The fraction of sp³-hybridized carbons (Fsp3) is 0.0714. The van der Waals surface area contributed by atoms with Crippen LogP contribution in [0.15, 0.2) is 42.5 Å². The number of nitrogens with one attached hydrogen (secondary N) is 1. The van der Waals surface area contributed by atoms with Crippen molar-refractivity contribution in [3.05, 3.63) is 64.4 Å². The van der Waals surface area contributed by atoms with Gasteiger partial charge in [0.15, 0.2) is 0 Å². The second kappa shape index (κ2) is 6.17. The van der Waals surface area contributed by atoms with Gasteiger partial charge >= 0.3 is 0 Å². The molecule has 1 N–H and O–H groups in total. The second-order valence-electron chi connectivity index (χ2n) is 3.87. The smallest absolute Gasteiger partial charge is 0.258 e. The number of para-hydroxylation sites is 1. The van der Waals surface area contributed by atoms with E-state index in [1.54, 1.807) is 12.1 Å². The van der Waals surface area contributed by atoms with Gasteiger partial charge in [-0.3, -0.25) is 4.79 Å². The maximum atomic E-state index is 13.6. The molecule has 1 amide bonds. The van der Waals surface area contributed by atoms with Crippen molar-refractivity contribution in [3.8, 4) is 0 Å². The summed E-state index contributed by atoms with van der Waals surface area (Å²) in [4.78, 5) is 12.0. The fourth-order valence-corrected chi connectivity index (χ4v) is 2.27. The molecular formula is C14H10BrClFNO. The Kier molecular flexibility index (Phi) is 4.56. The summed E-state index contributed by atoms with van der Waals surface area (Å²) in [5.74, 6) is -1.14. The normalized spacial score (nSPS) is 10.3. The van der Waals surface area contributed by atoms with E-state index in [-0.39, 0.29) is 10.6 Å². The lowest BCUT2D eigenvalue weighted by Crippen LogP contribution is -2.14. The number of carbonyl (C=O) groups excluding carboxylic acids is 1. The van der Waals surface area contributed by atoms with Gasteiger partial charge in [0.25, 0.3) is 5.91 Å². The minimum atomic E-state index is -0.638. The lowest BCUT2D eigenvalue weighted by molar-refractivity contribution is 0.102. The maximum absolute atomic E-state index is 13.6. The Morgan fingerprint density at radius 3 is 2.68 bits per heavy atom. The average molecular weight is 343 g/mol. The molecule has 0 atom stereocenters. The van der Waals surface area contributed by atoms with Gasteiger partial charge in [-0.25, -0.2) is 4.39 Å². The number of benzene rings is 2. The largest absolute Gasteiger partial charge is 0.322 e. The van der Waals surface area contributed by atoms with Crippen molar-refractivity contribution in [2.24, 2.45) is 0 Å². The lowest BCUT2D eigenvalue weighted by atomic mass is 10.1. The molecule has 0 heterocycles. The highest BCUT2D eigenvalue weighted by Crippen LogP contribution is 2.20. The molecule has 0 bridgehead atoms. The van der Waals surface area contributed by atoms with Crippen LogP contribution in [0.5, 0.6) is 0 Å². The summed E-state index contributed by atoms with van der Waals surface area (Å²) < 4.78 is 13.6. The third-order valence-electron chi connectivity index (χ3n) is 2.59. The van der Waals surface area contributed by atoms with E-state index in [9.17, 15) is 9.18 Å². The molecule has 0 radical (unpaired) electrons. The van der Waals surface area contributed by atoms with Crippen molar-refractivity contribution >= 4 is 39.1 Å². The van der Waals surface area contributed by atoms with E-state index in [1.807, 2.05) is 12.1 Å². The van der Waals surface area contributed by atoms with Crippen LogP contribution in [0.3, 0.4) is 0 Å². The first kappa shape index (κ1) is 14.0. The first-order valence-electron chi connectivity index (χ1n) is 5.52. The van der Waals surface area contributed by atoms with Crippen LogP contribution in [0, 0.1) is 5.82 Å². The molecule has 2 rings (SSSR count). The van der Waals surface area contributed by atoms with Crippen molar-refractivity contribution in [2.75, 3.05) is 5.32 Å². The first-order chi connectivity index (χ1) is 9.11. The number of halogens is 3. The molecular weight excluding hydrogens is 333 g/mol. The highest BCUT2D eigenvalue weighted by molar-refractivity contribution is 9.08. The predicted octanol–water partition coefficient (Wildman–Crippen LogP) is 4.63. The Morgan fingerprint density at radius 2 is 2.00 bits per heavy atom. The minimum Gasteiger partial charge on any atom is -0.322 e. The molecule has 0 aromatic heterocycles. The van der Waals surface area contributed by atoms with Gasteiger partial charge in [-0.1, -0.05) is 45.7 Å². The quantitative estimate of drug-likeness (QED) is 0.810. The van der Waals surface area contributed by atoms with Gasteiger partial charge < -0.3 is 5.32 Å². The number of carbonyl (C=O) groups is 1. The summed E-state index contributed by atoms with van der Waals surface area (Å²) in [6.45, 7) is 0. The van der Waals surface area contributed by atoms with Crippen LogP contribution >= 0.6 is 27.5 Å². The van der Waals surface area contributed by atoms with Gasteiger partial charge in [0.2, 0.25) is 0 Å². The van der Waals surface area contributed by atoms with E-state index in [4.69, 9.17) is 11.6 Å². The van der Waals surface area contributed by atoms with Crippen LogP contribution < -0.4 is 5.32 Å². The number of amides is 1. The van der Waals surface area contributed by atoms with Crippen molar-refractivity contribution in [1.82, 2.24) is 0 Å². The molecule has 0 aliphatic rings. The van der Waals surface area contributed by atoms with E-state index in [0.717, 1.165) is 11.6 Å². The molecule has 2 aromatic carbocycles. The SMILES string of the molecule is O=C(Nc1ccccc1CBr)c1ccc(Cl)cc1F. The van der Waals surface area contributed by atoms with Gasteiger partial charge in [-0.2, -0.15) is 0 Å². The molecule has 98 valence electrons. The Morgan fingerprint density at radius 1 is 1.26 bits per heavy atom. The molecule has 0 aliphatic heterocycles. The summed E-state index contributed by atoms with van der Waals surface area (Å²) in [6, 6.07) is 11.3. The van der Waals surface area contributed by atoms with Crippen LogP contribution in [-0.2, 0) is 5.33 Å². The van der Waals surface area contributed by atoms with Gasteiger partial charge in [0, 0.05) is 16.0 Å². The summed E-state index contributed by atoms with van der Waals surface area (Å²) in [5, 5.41) is 3.55. The van der Waals surface area contributed by atoms with Gasteiger partial charge in [0.1, 0.15) is 5.82 Å². The number of hydrogen-bond donors (Lipinski definition) is 1. The maximum Gasteiger partial charge on any atom is 0.258 e. The van der Waals surface area contributed by atoms with Crippen LogP contribution in [0.4, 0.5) is 10.1 Å². The van der Waals surface area contributed by atoms with Crippen molar-refractivity contribution < 1.29 is 9.18 Å². The Balaban J connectivity index is 2.26. The van der Waals surface area contributed by atoms with Crippen LogP contribution in [0.1, 0.15) is 15.9 Å². The highest BCUT2D eigenvalue weighted by Gasteiger charge is 2.13. The summed E-state index contributed by atoms with van der Waals surface area (Å²) in [7, 11) is 0.